The van der Waals surface area contributed by atoms with Gasteiger partial charge in [-0.1, -0.05) is 0 Å². The summed E-state index contributed by atoms with van der Waals surface area (Å²) >= 11 is 0. The van der Waals surface area contributed by atoms with Crippen LogP contribution in [0.4, 0.5) is 0 Å². The van der Waals surface area contributed by atoms with Crippen LogP contribution in [0.2, 0.25) is 0 Å². The van der Waals surface area contributed by atoms with Crippen molar-refractivity contribution in [3.05, 3.63) is 0 Å². The van der Waals surface area contributed by atoms with Gasteiger partial charge < -0.3 is 47.7 Å². The van der Waals surface area contributed by atoms with E-state index in [0.29, 0.717) is 0 Å². The average molecular weight is 674 g/mol. The summed E-state index contributed by atoms with van der Waals surface area (Å²) in [6.07, 6.45) is -15.9. The summed E-state index contributed by atoms with van der Waals surface area (Å²) in [6.45, 7) is 4.65. The van der Waals surface area contributed by atoms with Crippen LogP contribution in [0.3, 0.4) is 0 Å². The van der Waals surface area contributed by atoms with E-state index in [2.05, 4.69) is 0 Å². The maximum atomic E-state index is 12.1. The molecule has 0 unspecified atom stereocenters. The molecule has 0 aliphatic carbocycles. The molecule has 0 aromatic rings. The van der Waals surface area contributed by atoms with Gasteiger partial charge in [0.2, 0.25) is 0 Å². The van der Waals surface area contributed by atoms with Crippen molar-refractivity contribution >= 4 is 46.1 Å². The molecule has 0 aromatic heterocycles. The molecule has 10 atom stereocenters. The molecule has 20 nitrogen and oxygen atoms in total. The van der Waals surface area contributed by atoms with Crippen LogP contribution in [-0.2, 0) is 81.7 Å². The summed E-state index contributed by atoms with van der Waals surface area (Å²) in [7, 11) is -5.18. The number of aliphatic hydroxyl groups is 1. The average Bonchev–Trinajstić information content (AvgIpc) is 2.86. The maximum absolute atomic E-state index is 12.1. The van der Waals surface area contributed by atoms with E-state index in [-0.39, 0.29) is 0 Å². The number of nitrogens with one attached hydrogen (secondary N) is 1. The summed E-state index contributed by atoms with van der Waals surface area (Å²) in [6, 6.07) is -1.97. The highest BCUT2D eigenvalue weighted by Crippen LogP contribution is 2.33. The standard InChI is InChI=1S/C24H35NO19S/c1-9(26)36-7-15-19(39-12(4)29)21(41-14(6)31)22(23(32)42-15)44-24-17(25-45(33,34)35)20(40-13(5)30)18(38-11(3)28)16(43-24)8-37-10(2)27/h15-25,32H,7-8H2,1-6H3,(H,33,34,35)/t15-,16-,17-,18-,19-,20-,21+,22+,23+,24-/m1/s1. The van der Waals surface area contributed by atoms with Crippen molar-refractivity contribution in [3.63, 3.8) is 0 Å². The summed E-state index contributed by atoms with van der Waals surface area (Å²) in [4.78, 5) is 71.0. The maximum Gasteiger partial charge on any atom is 0.333 e. The number of hydrogen-bond donors (Lipinski definition) is 3. The number of aliphatic hydroxyl groups excluding tert-OH is 1. The van der Waals surface area contributed by atoms with Crippen molar-refractivity contribution in [3.8, 4) is 0 Å². The van der Waals surface area contributed by atoms with Gasteiger partial charge in [-0.25, -0.2) is 0 Å². The second kappa shape index (κ2) is 16.2. The first-order chi connectivity index (χ1) is 20.8. The number of esters is 6. The Labute approximate surface area is 256 Å². The summed E-state index contributed by atoms with van der Waals surface area (Å²) < 4.78 is 83.2. The fourth-order valence-corrected chi connectivity index (χ4v) is 5.09. The van der Waals surface area contributed by atoms with Crippen molar-refractivity contribution in [2.75, 3.05) is 13.2 Å². The highest BCUT2D eigenvalue weighted by molar-refractivity contribution is 7.83. The molecule has 2 rings (SSSR count). The summed E-state index contributed by atoms with van der Waals surface area (Å²) in [5.74, 6) is -5.51. The molecule has 2 aliphatic rings. The van der Waals surface area contributed by atoms with E-state index in [1.165, 1.54) is 0 Å². The Bertz CT molecular complexity index is 1220. The first-order valence-corrected chi connectivity index (χ1v) is 14.6. The van der Waals surface area contributed by atoms with Crippen molar-refractivity contribution in [1.29, 1.82) is 0 Å². The van der Waals surface area contributed by atoms with Crippen molar-refractivity contribution in [2.45, 2.75) is 103 Å². The number of hydrogen-bond acceptors (Lipinski definition) is 18. The molecule has 0 amide bonds. The fourth-order valence-electron chi connectivity index (χ4n) is 4.50. The number of rotatable bonds is 12. The number of ether oxygens (including phenoxy) is 9. The van der Waals surface area contributed by atoms with E-state index >= 15 is 0 Å². The van der Waals surface area contributed by atoms with Crippen LogP contribution in [0, 0.1) is 0 Å². The molecule has 2 fully saturated rings. The lowest BCUT2D eigenvalue weighted by molar-refractivity contribution is -0.349. The minimum atomic E-state index is -5.18. The number of carbonyl (C=O) groups is 6. The third-order valence-electron chi connectivity index (χ3n) is 5.94. The molecule has 0 bridgehead atoms. The van der Waals surface area contributed by atoms with Gasteiger partial charge in [-0.3, -0.25) is 33.3 Å². The zero-order valence-electron chi connectivity index (χ0n) is 24.9. The zero-order chi connectivity index (χ0) is 34.2. The Kier molecular flexibility index (Phi) is 13.6. The SMILES string of the molecule is CC(=O)OC[C@H]1O[C@H](O)[C@@H](O[C@H]2O[C@H](COC(C)=O)[C@@H](OC(C)=O)[C@H](OC(C)=O)[C@H]2NS(=O)(=O)O)[C@@H](OC(C)=O)[C@@H]1OC(C)=O. The minimum absolute atomic E-state index is 0.593. The molecule has 2 aliphatic heterocycles. The Morgan fingerprint density at radius 3 is 1.44 bits per heavy atom. The fraction of sp³-hybridized carbons (Fsp3) is 0.750. The molecule has 21 heteroatoms. The van der Waals surface area contributed by atoms with Crippen LogP contribution in [0.5, 0.6) is 0 Å². The molecule has 0 spiro atoms. The van der Waals surface area contributed by atoms with Gasteiger partial charge in [0.25, 0.3) is 0 Å². The molecule has 0 radical (unpaired) electrons. The molecular formula is C24H35NO19S. The highest BCUT2D eigenvalue weighted by atomic mass is 32.2. The number of carbonyl (C=O) groups excluding carboxylic acids is 6. The lowest BCUT2D eigenvalue weighted by Crippen LogP contribution is -2.69. The third kappa shape index (κ3) is 11.8. The van der Waals surface area contributed by atoms with Crippen LogP contribution >= 0.6 is 0 Å². The van der Waals surface area contributed by atoms with Crippen molar-refractivity contribution in [2.24, 2.45) is 0 Å². The first kappa shape index (κ1) is 37.7. The normalized spacial score (nSPS) is 31.6. The van der Waals surface area contributed by atoms with Crippen molar-refractivity contribution < 1.29 is 89.5 Å². The zero-order valence-corrected chi connectivity index (χ0v) is 25.7. The summed E-state index contributed by atoms with van der Waals surface area (Å²) in [5.41, 5.74) is 0. The molecule has 45 heavy (non-hydrogen) atoms. The first-order valence-electron chi connectivity index (χ1n) is 13.1. The molecule has 2 saturated heterocycles. The van der Waals surface area contributed by atoms with Crippen LogP contribution in [0.1, 0.15) is 41.5 Å². The largest absolute Gasteiger partial charge is 0.463 e. The van der Waals surface area contributed by atoms with E-state index in [0.717, 1.165) is 41.5 Å². The van der Waals surface area contributed by atoms with Crippen LogP contribution < -0.4 is 4.72 Å². The van der Waals surface area contributed by atoms with E-state index < -0.39 is 121 Å². The molecule has 3 N–H and O–H groups in total. The second-order valence-corrected chi connectivity index (χ2v) is 10.9. The minimum Gasteiger partial charge on any atom is -0.463 e. The third-order valence-corrected chi connectivity index (χ3v) is 6.51. The lowest BCUT2D eigenvalue weighted by atomic mass is 9.95. The van der Waals surface area contributed by atoms with Gasteiger partial charge in [-0.2, -0.15) is 13.1 Å². The predicted octanol–water partition coefficient (Wildman–Crippen LogP) is -2.57. The summed E-state index contributed by atoms with van der Waals surface area (Å²) in [5, 5.41) is 10.9. The monoisotopic (exact) mass is 673 g/mol. The smallest absolute Gasteiger partial charge is 0.333 e. The van der Waals surface area contributed by atoms with Crippen LogP contribution in [0.15, 0.2) is 0 Å². The van der Waals surface area contributed by atoms with Gasteiger partial charge in [0.05, 0.1) is 0 Å². The van der Waals surface area contributed by atoms with E-state index in [1.54, 1.807) is 4.72 Å². The molecule has 0 aromatic carbocycles. The van der Waals surface area contributed by atoms with Crippen LogP contribution in [-0.4, -0.2) is 128 Å². The predicted molar refractivity (Wildman–Crippen MR) is 138 cm³/mol. The molecular weight excluding hydrogens is 638 g/mol. The lowest BCUT2D eigenvalue weighted by Gasteiger charge is -2.48. The van der Waals surface area contributed by atoms with Gasteiger partial charge in [-0.15, -0.1) is 0 Å². The Hall–Kier alpha value is -3.47. The van der Waals surface area contributed by atoms with Gasteiger partial charge in [-0.05, 0) is 0 Å². The van der Waals surface area contributed by atoms with Gasteiger partial charge in [0.15, 0.2) is 43.1 Å². The van der Waals surface area contributed by atoms with Gasteiger partial charge >= 0.3 is 46.1 Å². The molecule has 256 valence electrons. The molecule has 0 saturated carbocycles. The Balaban J connectivity index is 2.64. The van der Waals surface area contributed by atoms with E-state index in [4.69, 9.17) is 42.6 Å². The topological polar surface area (TPSA) is 272 Å². The van der Waals surface area contributed by atoms with Gasteiger partial charge in [0.1, 0.15) is 31.5 Å². The Morgan fingerprint density at radius 2 is 1.02 bits per heavy atom. The van der Waals surface area contributed by atoms with E-state index in [1.807, 2.05) is 0 Å². The van der Waals surface area contributed by atoms with Gasteiger partial charge in [0, 0.05) is 41.5 Å². The Morgan fingerprint density at radius 1 is 0.622 bits per heavy atom. The second-order valence-electron chi connectivity index (χ2n) is 9.73. The molecule has 2 heterocycles. The highest BCUT2D eigenvalue weighted by Gasteiger charge is 2.56. The quantitative estimate of drug-likeness (QED) is 0.109. The van der Waals surface area contributed by atoms with E-state index in [9.17, 15) is 46.8 Å². The van der Waals surface area contributed by atoms with Crippen LogP contribution in [0.25, 0.3) is 0 Å². The van der Waals surface area contributed by atoms with Crippen molar-refractivity contribution in [1.82, 2.24) is 4.72 Å².